The topological polar surface area (TPSA) is 84.2 Å². The number of fused-ring (bicyclic) bond motifs is 3. The zero-order valence-electron chi connectivity index (χ0n) is 14.8. The van der Waals surface area contributed by atoms with E-state index in [2.05, 4.69) is 10.6 Å². The summed E-state index contributed by atoms with van der Waals surface area (Å²) >= 11 is 0. The van der Waals surface area contributed by atoms with Crippen LogP contribution in [0.3, 0.4) is 0 Å². The molecule has 0 spiro atoms. The largest absolute Gasteiger partial charge is 0.349 e. The van der Waals surface area contributed by atoms with E-state index in [-0.39, 0.29) is 29.8 Å². The zero-order valence-corrected chi connectivity index (χ0v) is 14.8. The van der Waals surface area contributed by atoms with Crippen LogP contribution in [0.1, 0.15) is 56.2 Å². The fourth-order valence-electron chi connectivity index (χ4n) is 4.94. The molecule has 3 unspecified atom stereocenters. The van der Waals surface area contributed by atoms with E-state index >= 15 is 0 Å². The molecular weight excluding hydrogens is 314 g/mol. The minimum Gasteiger partial charge on any atom is -0.349 e. The van der Waals surface area contributed by atoms with Crippen LogP contribution in [0.15, 0.2) is 18.2 Å². The predicted octanol–water partition coefficient (Wildman–Crippen LogP) is 2.51. The third-order valence-corrected chi connectivity index (χ3v) is 6.40. The first-order chi connectivity index (χ1) is 12.0. The summed E-state index contributed by atoms with van der Waals surface area (Å²) in [6.07, 6.45) is 5.88. The van der Waals surface area contributed by atoms with Crippen LogP contribution in [0, 0.1) is 17.8 Å². The maximum absolute atomic E-state index is 12.8. The van der Waals surface area contributed by atoms with Gasteiger partial charge in [0.1, 0.15) is 0 Å². The van der Waals surface area contributed by atoms with E-state index < -0.39 is 0 Å². The Balaban J connectivity index is 1.41. The molecule has 4 N–H and O–H groups in total. The highest BCUT2D eigenvalue weighted by Gasteiger charge is 2.40. The minimum atomic E-state index is -0.0519. The van der Waals surface area contributed by atoms with Crippen molar-refractivity contribution in [2.24, 2.45) is 23.5 Å². The van der Waals surface area contributed by atoms with E-state index in [1.165, 1.54) is 19.3 Å². The Hall–Kier alpha value is -1.88. The Bertz CT molecular complexity index is 688. The standard InChI is InChI=1S/C20H27N3O2/c1-11(12-5-6-17-15(7-12)10-18(24)23-17)22-20(25)16-8-13-3-2-4-14(9-16)19(13)21/h5-7,11,13-14,16,19H,2-4,8-10,21H2,1H3,(H,22,25)(H,23,24). The monoisotopic (exact) mass is 341 g/mol. The van der Waals surface area contributed by atoms with E-state index in [0.717, 1.165) is 29.7 Å². The lowest BCUT2D eigenvalue weighted by Gasteiger charge is -2.43. The van der Waals surface area contributed by atoms with Crippen LogP contribution in [-0.4, -0.2) is 17.9 Å². The van der Waals surface area contributed by atoms with Gasteiger partial charge in [-0.05, 0) is 61.6 Å². The minimum absolute atomic E-state index is 0.0360. The van der Waals surface area contributed by atoms with Crippen LogP contribution in [0.2, 0.25) is 0 Å². The summed E-state index contributed by atoms with van der Waals surface area (Å²) in [4.78, 5) is 24.3. The van der Waals surface area contributed by atoms with Crippen LogP contribution < -0.4 is 16.4 Å². The van der Waals surface area contributed by atoms with Crippen LogP contribution in [0.25, 0.3) is 0 Å². The summed E-state index contributed by atoms with van der Waals surface area (Å²) in [6.45, 7) is 2.01. The first-order valence-corrected chi connectivity index (χ1v) is 9.50. The van der Waals surface area contributed by atoms with Crippen molar-refractivity contribution in [3.8, 4) is 0 Å². The summed E-state index contributed by atoms with van der Waals surface area (Å²) < 4.78 is 0. The fraction of sp³-hybridized carbons (Fsp3) is 0.600. The molecule has 0 radical (unpaired) electrons. The molecule has 134 valence electrons. The van der Waals surface area contributed by atoms with Gasteiger partial charge >= 0.3 is 0 Å². The Morgan fingerprint density at radius 1 is 1.28 bits per heavy atom. The number of carbonyl (C=O) groups excluding carboxylic acids is 2. The van der Waals surface area contributed by atoms with Gasteiger partial charge in [0.05, 0.1) is 12.5 Å². The fourth-order valence-corrected chi connectivity index (χ4v) is 4.94. The highest BCUT2D eigenvalue weighted by Crippen LogP contribution is 2.42. The van der Waals surface area contributed by atoms with Crippen molar-refractivity contribution in [3.05, 3.63) is 29.3 Å². The molecule has 4 rings (SSSR count). The summed E-state index contributed by atoms with van der Waals surface area (Å²) in [5, 5.41) is 6.03. The van der Waals surface area contributed by atoms with Crippen molar-refractivity contribution in [2.75, 3.05) is 5.32 Å². The van der Waals surface area contributed by atoms with Crippen LogP contribution in [-0.2, 0) is 16.0 Å². The Kier molecular flexibility index (Phi) is 4.28. The number of carbonyl (C=O) groups is 2. The number of hydrogen-bond acceptors (Lipinski definition) is 3. The molecular formula is C20H27N3O2. The van der Waals surface area contributed by atoms with E-state index in [1.54, 1.807) is 0 Å². The first-order valence-electron chi connectivity index (χ1n) is 9.50. The molecule has 5 nitrogen and oxygen atoms in total. The van der Waals surface area contributed by atoms with E-state index in [1.807, 2.05) is 25.1 Å². The number of amides is 2. The van der Waals surface area contributed by atoms with Gasteiger partial charge in [-0.25, -0.2) is 0 Å². The van der Waals surface area contributed by atoms with Gasteiger partial charge in [-0.2, -0.15) is 0 Å². The SMILES string of the molecule is CC(NC(=O)C1CC2CCCC(C1)C2N)c1ccc2c(c1)CC(=O)N2. The zero-order chi connectivity index (χ0) is 17.6. The third kappa shape index (κ3) is 3.17. The van der Waals surface area contributed by atoms with Crippen LogP contribution in [0.5, 0.6) is 0 Å². The van der Waals surface area contributed by atoms with E-state index in [0.29, 0.717) is 18.3 Å². The Labute approximate surface area is 148 Å². The van der Waals surface area contributed by atoms with Crippen molar-refractivity contribution in [3.63, 3.8) is 0 Å². The van der Waals surface area contributed by atoms with Gasteiger partial charge in [-0.1, -0.05) is 18.6 Å². The van der Waals surface area contributed by atoms with Crippen molar-refractivity contribution >= 4 is 17.5 Å². The maximum Gasteiger partial charge on any atom is 0.228 e. The van der Waals surface area contributed by atoms with Gasteiger partial charge in [0.2, 0.25) is 11.8 Å². The Morgan fingerprint density at radius 3 is 2.72 bits per heavy atom. The summed E-state index contributed by atoms with van der Waals surface area (Å²) in [5.41, 5.74) is 9.29. The molecule has 2 aliphatic carbocycles. The van der Waals surface area contributed by atoms with Crippen LogP contribution >= 0.6 is 0 Å². The third-order valence-electron chi connectivity index (χ3n) is 6.40. The number of anilines is 1. The van der Waals surface area contributed by atoms with Gasteiger partial charge in [0, 0.05) is 17.6 Å². The van der Waals surface area contributed by atoms with Gasteiger partial charge in [0.15, 0.2) is 0 Å². The summed E-state index contributed by atoms with van der Waals surface area (Å²) in [7, 11) is 0. The molecule has 5 heteroatoms. The van der Waals surface area contributed by atoms with E-state index in [9.17, 15) is 9.59 Å². The maximum atomic E-state index is 12.8. The quantitative estimate of drug-likeness (QED) is 0.790. The lowest BCUT2D eigenvalue weighted by molar-refractivity contribution is -0.128. The average molecular weight is 341 g/mol. The predicted molar refractivity (Wildman–Crippen MR) is 96.9 cm³/mol. The number of hydrogen-bond donors (Lipinski definition) is 3. The molecule has 2 bridgehead atoms. The molecule has 3 atom stereocenters. The molecule has 1 heterocycles. The van der Waals surface area contributed by atoms with Crippen LogP contribution in [0.4, 0.5) is 5.69 Å². The number of nitrogens with two attached hydrogens (primary N) is 1. The molecule has 25 heavy (non-hydrogen) atoms. The van der Waals surface area contributed by atoms with Crippen molar-refractivity contribution < 1.29 is 9.59 Å². The smallest absolute Gasteiger partial charge is 0.228 e. The summed E-state index contributed by atoms with van der Waals surface area (Å²) in [5.74, 6) is 1.31. The lowest BCUT2D eigenvalue weighted by atomic mass is 9.65. The molecule has 2 amide bonds. The van der Waals surface area contributed by atoms with Crippen molar-refractivity contribution in [1.29, 1.82) is 0 Å². The second kappa shape index (κ2) is 6.45. The molecule has 0 saturated heterocycles. The van der Waals surface area contributed by atoms with Gasteiger partial charge in [-0.3, -0.25) is 9.59 Å². The molecule has 2 fully saturated rings. The molecule has 1 aromatic rings. The van der Waals surface area contributed by atoms with Gasteiger partial charge < -0.3 is 16.4 Å². The van der Waals surface area contributed by atoms with E-state index in [4.69, 9.17) is 5.73 Å². The number of nitrogens with one attached hydrogen (secondary N) is 2. The van der Waals surface area contributed by atoms with Gasteiger partial charge in [-0.15, -0.1) is 0 Å². The lowest BCUT2D eigenvalue weighted by Crippen LogP contribution is -2.49. The highest BCUT2D eigenvalue weighted by molar-refractivity contribution is 5.99. The average Bonchev–Trinajstić information content (AvgIpc) is 2.93. The number of rotatable bonds is 3. The molecule has 1 aliphatic heterocycles. The van der Waals surface area contributed by atoms with Crippen molar-refractivity contribution in [2.45, 2.75) is 57.5 Å². The second-order valence-corrected chi connectivity index (χ2v) is 8.07. The van der Waals surface area contributed by atoms with Crippen molar-refractivity contribution in [1.82, 2.24) is 5.32 Å². The molecule has 3 aliphatic rings. The molecule has 1 aromatic carbocycles. The Morgan fingerprint density at radius 2 is 2.00 bits per heavy atom. The number of benzene rings is 1. The van der Waals surface area contributed by atoms with Gasteiger partial charge in [0.25, 0.3) is 0 Å². The summed E-state index contributed by atoms with van der Waals surface area (Å²) in [6, 6.07) is 6.19. The first kappa shape index (κ1) is 16.6. The normalized spacial score (nSPS) is 31.8. The second-order valence-electron chi connectivity index (χ2n) is 8.07. The highest BCUT2D eigenvalue weighted by atomic mass is 16.2. The molecule has 2 saturated carbocycles. The molecule has 0 aromatic heterocycles.